The van der Waals surface area contributed by atoms with Crippen LogP contribution in [0.15, 0.2) is 36.4 Å². The molecule has 2 aromatic carbocycles. The Labute approximate surface area is 255 Å². The molecule has 0 saturated heterocycles. The van der Waals surface area contributed by atoms with Gasteiger partial charge in [-0.15, -0.1) is 23.3 Å². The summed E-state index contributed by atoms with van der Waals surface area (Å²) in [7, 11) is 0. The van der Waals surface area contributed by atoms with E-state index in [0.717, 1.165) is 13.8 Å². The van der Waals surface area contributed by atoms with Crippen molar-refractivity contribution in [3.05, 3.63) is 115 Å². The second-order valence-corrected chi connectivity index (χ2v) is 10.3. The van der Waals surface area contributed by atoms with Crippen molar-refractivity contribution < 1.29 is 57.9 Å². The second-order valence-electron chi connectivity index (χ2n) is 10.3. The van der Waals surface area contributed by atoms with Crippen molar-refractivity contribution in [2.24, 2.45) is 0 Å². The Morgan fingerprint density at radius 3 is 1.40 bits per heavy atom. The van der Waals surface area contributed by atoms with Crippen molar-refractivity contribution in [3.8, 4) is 23.3 Å². The van der Waals surface area contributed by atoms with Crippen LogP contribution in [0.5, 0.6) is 23.3 Å². The van der Waals surface area contributed by atoms with Crippen LogP contribution in [0.1, 0.15) is 50.2 Å². The van der Waals surface area contributed by atoms with Crippen LogP contribution in [0.25, 0.3) is 0 Å². The minimum Gasteiger partial charge on any atom is -0.462 e. The average Bonchev–Trinajstić information content (AvgIpc) is 2.91. The van der Waals surface area contributed by atoms with E-state index in [1.165, 1.54) is 24.3 Å². The first-order valence-corrected chi connectivity index (χ1v) is 12.1. The third kappa shape index (κ3) is 5.20. The summed E-state index contributed by atoms with van der Waals surface area (Å²) in [4.78, 5) is 29.5. The normalized spacial score (nSPS) is 14.5. The molecule has 4 aromatic rings. The van der Waals surface area contributed by atoms with E-state index >= 15 is 17.6 Å². The summed E-state index contributed by atoms with van der Waals surface area (Å²) in [5.74, 6) is -9.45. The number of nitro benzene ring substituents is 2. The van der Waals surface area contributed by atoms with Gasteiger partial charge in [0.1, 0.15) is 11.6 Å². The predicted molar refractivity (Wildman–Crippen MR) is 137 cm³/mol. The summed E-state index contributed by atoms with van der Waals surface area (Å²) in [5.41, 5.74) is -7.48. The third-order valence-corrected chi connectivity index (χ3v) is 6.90. The fraction of sp³-hybridized carbons (Fsp3) is 0.214. The van der Waals surface area contributed by atoms with Gasteiger partial charge < -0.3 is 9.47 Å². The zero-order valence-electron chi connectivity index (χ0n) is 22.5. The van der Waals surface area contributed by atoms with E-state index in [0.29, 0.717) is 11.4 Å². The molecule has 0 aliphatic carbocycles. The van der Waals surface area contributed by atoms with E-state index in [-0.39, 0.29) is 32.8 Å². The Bertz CT molecular complexity index is 1690. The number of nitro groups is 2. The van der Waals surface area contributed by atoms with E-state index in [2.05, 4.69) is 22.1 Å². The van der Waals surface area contributed by atoms with Gasteiger partial charge in [-0.3, -0.25) is 37.8 Å². The Balaban J connectivity index is 0.00000423. The number of pyridine rings is 2. The Morgan fingerprint density at radius 2 is 1.05 bits per heavy atom. The number of ether oxygens (including phenoxy) is 2. The number of nitrogens with zero attached hydrogens (tertiary/aromatic N) is 4. The van der Waals surface area contributed by atoms with Gasteiger partial charge in [0.15, 0.2) is 0 Å². The molecule has 3 heterocycles. The molecule has 0 N–H and O–H groups in total. The number of hydrogen-bond donors (Lipinski definition) is 0. The summed E-state index contributed by atoms with van der Waals surface area (Å²) in [6.07, 6.45) is 0. The first-order chi connectivity index (χ1) is 19.6. The van der Waals surface area contributed by atoms with Crippen LogP contribution in [-0.2, 0) is 31.9 Å². The zero-order valence-corrected chi connectivity index (χ0v) is 24.8. The predicted octanol–water partition coefficient (Wildman–Crippen LogP) is 7.00. The Hall–Kier alpha value is -4.45. The molecule has 0 saturated carbocycles. The van der Waals surface area contributed by atoms with Crippen molar-refractivity contribution in [1.82, 2.24) is 9.97 Å². The summed E-state index contributed by atoms with van der Waals surface area (Å²) in [5, 5.41) is 23.5. The maximum Gasteiger partial charge on any atom is 2.00 e. The molecule has 1 aliphatic rings. The molecule has 0 amide bonds. The molecule has 10 nitrogen and oxygen atoms in total. The Morgan fingerprint density at radius 1 is 0.674 bits per heavy atom. The number of hydrogen-bond acceptors (Lipinski definition) is 8. The zero-order chi connectivity index (χ0) is 30.7. The van der Waals surface area contributed by atoms with Crippen LogP contribution in [0.3, 0.4) is 0 Å². The van der Waals surface area contributed by atoms with Crippen LogP contribution in [0, 0.1) is 55.6 Å². The standard InChI is InChI=1S/C28H18F4N4O6.Pt/c1-27(2)13-11-15(23(31)25(21(13)29)35(37)38)41-19-9-5-7-17(33-19)28(3,4)18-8-6-10-20(34-18)42-16-12-14(27)22(30)26(24(16)32)36(39)40;/h5-10H,1-4H3;/q-2;+2. The van der Waals surface area contributed by atoms with Gasteiger partial charge in [-0.25, -0.2) is 9.97 Å². The van der Waals surface area contributed by atoms with Crippen LogP contribution in [-0.4, -0.2) is 19.8 Å². The van der Waals surface area contributed by atoms with Crippen molar-refractivity contribution in [2.75, 3.05) is 0 Å². The molecule has 5 rings (SSSR count). The summed E-state index contributed by atoms with van der Waals surface area (Å²) in [6.45, 7) is 5.60. The molecule has 8 bridgehead atoms. The van der Waals surface area contributed by atoms with Gasteiger partial charge in [0.2, 0.25) is 23.1 Å². The van der Waals surface area contributed by atoms with Crippen LogP contribution in [0.4, 0.5) is 28.9 Å². The van der Waals surface area contributed by atoms with Crippen molar-refractivity contribution in [2.45, 2.75) is 38.5 Å². The number of fused-ring (bicyclic) bond motifs is 8. The van der Waals surface area contributed by atoms with Crippen molar-refractivity contribution in [3.63, 3.8) is 0 Å². The first-order valence-electron chi connectivity index (χ1n) is 12.1. The molecule has 15 heteroatoms. The molecule has 224 valence electrons. The molecule has 0 unspecified atom stereocenters. The fourth-order valence-electron chi connectivity index (χ4n) is 4.52. The fourth-order valence-corrected chi connectivity index (χ4v) is 4.52. The smallest absolute Gasteiger partial charge is 0.462 e. The molecule has 43 heavy (non-hydrogen) atoms. The molecular formula is C28H18F4N4O6Pt. The molecular weight excluding hydrogens is 759 g/mol. The van der Waals surface area contributed by atoms with E-state index in [1.807, 2.05) is 0 Å². The maximum absolute atomic E-state index is 15.6. The van der Waals surface area contributed by atoms with E-state index < -0.39 is 77.9 Å². The number of aromatic nitrogens is 2. The molecule has 0 fully saturated rings. The van der Waals surface area contributed by atoms with Gasteiger partial charge >= 0.3 is 21.1 Å². The minimum atomic E-state index is -2.13. The molecule has 0 spiro atoms. The first kappa shape index (κ1) is 31.5. The van der Waals surface area contributed by atoms with Gasteiger partial charge in [0.25, 0.3) is 0 Å². The quantitative estimate of drug-likeness (QED) is 0.0922. The topological polar surface area (TPSA) is 131 Å². The third-order valence-electron chi connectivity index (χ3n) is 6.90. The van der Waals surface area contributed by atoms with Gasteiger partial charge in [-0.2, -0.15) is 0 Å². The molecule has 1 aliphatic heterocycles. The van der Waals surface area contributed by atoms with Gasteiger partial charge in [0, 0.05) is 27.4 Å². The van der Waals surface area contributed by atoms with Crippen LogP contribution < -0.4 is 9.47 Å². The minimum absolute atomic E-state index is 0. The summed E-state index contributed by atoms with van der Waals surface area (Å²) < 4.78 is 72.8. The number of halogens is 4. The number of benzene rings is 2. The number of rotatable bonds is 2. The average molecular weight is 778 g/mol. The van der Waals surface area contributed by atoms with Crippen LogP contribution in [0.2, 0.25) is 0 Å². The van der Waals surface area contributed by atoms with Gasteiger partial charge in [-0.1, -0.05) is 26.0 Å². The summed E-state index contributed by atoms with van der Waals surface area (Å²) in [6, 6.07) is 13.4. The van der Waals surface area contributed by atoms with Gasteiger partial charge in [0.05, 0.1) is 34.5 Å². The second kappa shape index (κ2) is 11.0. The molecule has 2 aromatic heterocycles. The SMILES string of the molecule is CC1(C)c2cccc(n2)Oc2[c-]c(c(F)c([N+](=O)[O-])c2F)C(C)(C)c2[c-]c(c(F)c([N+](=O)[O-])c2F)Oc2cccc1n2.[Pt+2]. The van der Waals surface area contributed by atoms with E-state index in [4.69, 9.17) is 9.47 Å². The van der Waals surface area contributed by atoms with E-state index in [9.17, 15) is 20.2 Å². The molecule has 0 atom stereocenters. The maximum atomic E-state index is 15.6. The van der Waals surface area contributed by atoms with E-state index in [1.54, 1.807) is 26.0 Å². The monoisotopic (exact) mass is 777 g/mol. The molecule has 0 radical (unpaired) electrons. The summed E-state index contributed by atoms with van der Waals surface area (Å²) >= 11 is 0. The Kier molecular flexibility index (Phi) is 8.05. The largest absolute Gasteiger partial charge is 2.00 e. The van der Waals surface area contributed by atoms with Crippen LogP contribution >= 0.6 is 0 Å². The van der Waals surface area contributed by atoms with Crippen molar-refractivity contribution in [1.29, 1.82) is 0 Å². The van der Waals surface area contributed by atoms with Crippen molar-refractivity contribution >= 4 is 11.4 Å². The van der Waals surface area contributed by atoms with Gasteiger partial charge in [-0.05, 0) is 31.4 Å².